The van der Waals surface area contributed by atoms with Crippen LogP contribution in [0.5, 0.6) is 0 Å². The molecule has 0 unspecified atom stereocenters. The molecular weight excluding hydrogens is 273 g/mol. The minimum Gasteiger partial charge on any atom is -0.252 e. The molecule has 0 amide bonds. The van der Waals surface area contributed by atoms with Crippen LogP contribution in [-0.2, 0) is 0 Å². The lowest BCUT2D eigenvalue weighted by Crippen LogP contribution is -1.94. The van der Waals surface area contributed by atoms with Crippen LogP contribution in [0.1, 0.15) is 5.56 Å². The van der Waals surface area contributed by atoms with Gasteiger partial charge in [0, 0.05) is 17.1 Å². The first-order valence-corrected chi connectivity index (χ1v) is 6.44. The van der Waals surface area contributed by atoms with Crippen molar-refractivity contribution in [2.75, 3.05) is 0 Å². The summed E-state index contributed by atoms with van der Waals surface area (Å²) in [4.78, 5) is 13.4. The Labute approximate surface area is 111 Å². The fourth-order valence-electron chi connectivity index (χ4n) is 1.71. The second-order valence-corrected chi connectivity index (χ2v) is 5.02. The molecule has 0 bridgehead atoms. The molecule has 3 rings (SSSR count). The average molecular weight is 280 g/mol. The summed E-state index contributed by atoms with van der Waals surface area (Å²) in [5, 5.41) is 0.982. The van der Waals surface area contributed by atoms with E-state index in [1.807, 2.05) is 0 Å². The molecule has 3 aromatic rings. The minimum atomic E-state index is -0.299. The molecule has 0 aliphatic heterocycles. The highest BCUT2D eigenvalue weighted by Crippen LogP contribution is 2.28. The fraction of sp³-hybridized carbons (Fsp3) is 0.0833. The molecule has 0 saturated carbocycles. The lowest BCUT2D eigenvalue weighted by molar-refractivity contribution is 0.620. The molecule has 3 nitrogen and oxygen atoms in total. The van der Waals surface area contributed by atoms with Crippen molar-refractivity contribution in [3.63, 3.8) is 0 Å². The van der Waals surface area contributed by atoms with Crippen LogP contribution in [0.3, 0.4) is 0 Å². The standard InChI is InChI=1S/C12H7ClFN3S/c1-6-8(14)3-2-7-10(6)16-12(17-11(7)13)9-4-15-5-18-9/h2-5H,1H3. The molecular formula is C12H7ClFN3S. The van der Waals surface area contributed by atoms with E-state index in [1.54, 1.807) is 24.7 Å². The molecule has 0 spiro atoms. The molecule has 6 heteroatoms. The summed E-state index contributed by atoms with van der Waals surface area (Å²) < 4.78 is 13.5. The molecule has 18 heavy (non-hydrogen) atoms. The van der Waals surface area contributed by atoms with E-state index >= 15 is 0 Å². The summed E-state index contributed by atoms with van der Waals surface area (Å²) in [6.07, 6.45) is 1.66. The average Bonchev–Trinajstić information content (AvgIpc) is 2.88. The summed E-state index contributed by atoms with van der Waals surface area (Å²) in [5.74, 6) is 0.177. The van der Waals surface area contributed by atoms with E-state index in [1.165, 1.54) is 17.4 Å². The number of benzene rings is 1. The molecule has 90 valence electrons. The number of thiazole rings is 1. The Morgan fingerprint density at radius 2 is 2.11 bits per heavy atom. The number of hydrogen-bond acceptors (Lipinski definition) is 4. The summed E-state index contributed by atoms with van der Waals surface area (Å²) in [6, 6.07) is 2.97. The van der Waals surface area contributed by atoms with Gasteiger partial charge in [-0.2, -0.15) is 0 Å². The van der Waals surface area contributed by atoms with Crippen molar-refractivity contribution in [1.29, 1.82) is 0 Å². The second kappa shape index (κ2) is 4.26. The fourth-order valence-corrected chi connectivity index (χ4v) is 2.49. The van der Waals surface area contributed by atoms with Crippen molar-refractivity contribution in [1.82, 2.24) is 15.0 Å². The molecule has 2 heterocycles. The SMILES string of the molecule is Cc1c(F)ccc2c(Cl)nc(-c3cncs3)nc12. The van der Waals surface area contributed by atoms with E-state index in [0.717, 1.165) is 4.88 Å². The van der Waals surface area contributed by atoms with Crippen LogP contribution in [0, 0.1) is 12.7 Å². The van der Waals surface area contributed by atoms with E-state index in [9.17, 15) is 4.39 Å². The number of fused-ring (bicyclic) bond motifs is 1. The second-order valence-electron chi connectivity index (χ2n) is 3.77. The van der Waals surface area contributed by atoms with Crippen LogP contribution in [0.15, 0.2) is 23.8 Å². The van der Waals surface area contributed by atoms with Gasteiger partial charge < -0.3 is 0 Å². The molecule has 0 fully saturated rings. The first-order valence-electron chi connectivity index (χ1n) is 5.18. The van der Waals surface area contributed by atoms with Gasteiger partial charge in [0.2, 0.25) is 0 Å². The van der Waals surface area contributed by atoms with Crippen LogP contribution >= 0.6 is 22.9 Å². The van der Waals surface area contributed by atoms with Crippen molar-refractivity contribution >= 4 is 33.8 Å². The van der Waals surface area contributed by atoms with Gasteiger partial charge in [-0.25, -0.2) is 14.4 Å². The zero-order valence-electron chi connectivity index (χ0n) is 9.32. The highest BCUT2D eigenvalue weighted by atomic mass is 35.5. The summed E-state index contributed by atoms with van der Waals surface area (Å²) in [6.45, 7) is 1.68. The lowest BCUT2D eigenvalue weighted by atomic mass is 10.1. The first-order chi connectivity index (χ1) is 8.66. The number of aryl methyl sites for hydroxylation is 1. The van der Waals surface area contributed by atoms with Crippen LogP contribution < -0.4 is 0 Å². The van der Waals surface area contributed by atoms with Crippen molar-refractivity contribution in [2.45, 2.75) is 6.92 Å². The van der Waals surface area contributed by atoms with Gasteiger partial charge in [0.1, 0.15) is 11.0 Å². The maximum absolute atomic E-state index is 13.5. The van der Waals surface area contributed by atoms with Crippen molar-refractivity contribution < 1.29 is 4.39 Å². The highest BCUT2D eigenvalue weighted by molar-refractivity contribution is 7.13. The van der Waals surface area contributed by atoms with E-state index < -0.39 is 0 Å². The van der Waals surface area contributed by atoms with E-state index in [4.69, 9.17) is 11.6 Å². The minimum absolute atomic E-state index is 0.299. The van der Waals surface area contributed by atoms with Crippen LogP contribution in [0.2, 0.25) is 5.15 Å². The number of rotatable bonds is 1. The van der Waals surface area contributed by atoms with Crippen LogP contribution in [0.4, 0.5) is 4.39 Å². The van der Waals surface area contributed by atoms with Gasteiger partial charge >= 0.3 is 0 Å². The van der Waals surface area contributed by atoms with E-state index in [2.05, 4.69) is 15.0 Å². The molecule has 0 N–H and O–H groups in total. The number of nitrogens with zero attached hydrogens (tertiary/aromatic N) is 3. The smallest absolute Gasteiger partial charge is 0.173 e. The maximum atomic E-state index is 13.5. The lowest BCUT2D eigenvalue weighted by Gasteiger charge is -2.05. The van der Waals surface area contributed by atoms with Gasteiger partial charge in [0.05, 0.1) is 15.9 Å². The summed E-state index contributed by atoms with van der Waals surface area (Å²) in [7, 11) is 0. The Bertz CT molecular complexity index is 728. The topological polar surface area (TPSA) is 38.7 Å². The summed E-state index contributed by atoms with van der Waals surface area (Å²) in [5.41, 5.74) is 2.70. The number of hydrogen-bond donors (Lipinski definition) is 0. The molecule has 2 aromatic heterocycles. The van der Waals surface area contributed by atoms with Gasteiger partial charge in [0.15, 0.2) is 5.82 Å². The third kappa shape index (κ3) is 1.76. The van der Waals surface area contributed by atoms with E-state index in [-0.39, 0.29) is 5.82 Å². The monoisotopic (exact) mass is 279 g/mol. The Morgan fingerprint density at radius 1 is 1.28 bits per heavy atom. The Kier molecular flexibility index (Phi) is 2.72. The van der Waals surface area contributed by atoms with Gasteiger partial charge in [-0.05, 0) is 19.1 Å². The predicted molar refractivity (Wildman–Crippen MR) is 70.4 cm³/mol. The number of aromatic nitrogens is 3. The van der Waals surface area contributed by atoms with Gasteiger partial charge in [-0.15, -0.1) is 11.3 Å². The van der Waals surface area contributed by atoms with Gasteiger partial charge in [-0.1, -0.05) is 11.6 Å². The predicted octanol–water partition coefficient (Wildman–Crippen LogP) is 3.85. The van der Waals surface area contributed by atoms with Crippen molar-refractivity contribution in [3.8, 4) is 10.7 Å². The van der Waals surface area contributed by atoms with Crippen molar-refractivity contribution in [2.24, 2.45) is 0 Å². The highest BCUT2D eigenvalue weighted by Gasteiger charge is 2.12. The van der Waals surface area contributed by atoms with Crippen LogP contribution in [-0.4, -0.2) is 15.0 Å². The Balaban J connectivity index is 2.35. The number of halogens is 2. The zero-order chi connectivity index (χ0) is 12.7. The zero-order valence-corrected chi connectivity index (χ0v) is 10.9. The molecule has 0 saturated heterocycles. The van der Waals surface area contributed by atoms with Gasteiger partial charge in [-0.3, -0.25) is 4.98 Å². The first kappa shape index (κ1) is 11.5. The molecule has 0 aliphatic carbocycles. The van der Waals surface area contributed by atoms with Crippen LogP contribution in [0.25, 0.3) is 21.6 Å². The third-order valence-corrected chi connectivity index (χ3v) is 3.72. The Hall–Kier alpha value is -1.59. The van der Waals surface area contributed by atoms with E-state index in [0.29, 0.717) is 27.4 Å². The van der Waals surface area contributed by atoms with Gasteiger partial charge in [0.25, 0.3) is 0 Å². The third-order valence-electron chi connectivity index (χ3n) is 2.66. The molecule has 1 aromatic carbocycles. The maximum Gasteiger partial charge on any atom is 0.173 e. The largest absolute Gasteiger partial charge is 0.252 e. The summed E-state index contributed by atoms with van der Waals surface area (Å²) >= 11 is 7.53. The normalized spacial score (nSPS) is 11.1. The molecule has 0 aliphatic rings. The molecule has 0 radical (unpaired) electrons. The van der Waals surface area contributed by atoms with Crippen molar-refractivity contribution in [3.05, 3.63) is 40.4 Å². The quantitative estimate of drug-likeness (QED) is 0.635. The molecule has 0 atom stereocenters. The Morgan fingerprint density at radius 3 is 2.83 bits per heavy atom.